The number of aromatic nitrogens is 1. The Morgan fingerprint density at radius 1 is 1.35 bits per heavy atom. The maximum Gasteiger partial charge on any atom is 0.191 e. The van der Waals surface area contributed by atoms with Crippen LogP contribution in [0.2, 0.25) is 0 Å². The van der Waals surface area contributed by atoms with Gasteiger partial charge in [0.15, 0.2) is 11.7 Å². The standard InChI is InChI=1S/C17H30N4O.HI/c1-5-14-10-16(22-21-14)11-19-17(18-4)20-15-8-6-13(7-9-15)12(2)3;/h10,12-13,15H,5-9,11H2,1-4H3,(H2,18,19,20);1H. The highest BCUT2D eigenvalue weighted by molar-refractivity contribution is 14.0. The van der Waals surface area contributed by atoms with E-state index in [1.165, 1.54) is 25.7 Å². The second kappa shape index (κ2) is 10.2. The van der Waals surface area contributed by atoms with Gasteiger partial charge in [0.1, 0.15) is 0 Å². The molecule has 1 aromatic rings. The van der Waals surface area contributed by atoms with Gasteiger partial charge < -0.3 is 15.2 Å². The quantitative estimate of drug-likeness (QED) is 0.421. The fourth-order valence-electron chi connectivity index (χ4n) is 3.09. The molecule has 132 valence electrons. The van der Waals surface area contributed by atoms with Crippen LogP contribution in [0.3, 0.4) is 0 Å². The van der Waals surface area contributed by atoms with Crippen LogP contribution in [0.5, 0.6) is 0 Å². The summed E-state index contributed by atoms with van der Waals surface area (Å²) in [7, 11) is 1.81. The summed E-state index contributed by atoms with van der Waals surface area (Å²) in [5, 5.41) is 10.8. The van der Waals surface area contributed by atoms with E-state index in [4.69, 9.17) is 4.52 Å². The highest BCUT2D eigenvalue weighted by Gasteiger charge is 2.23. The van der Waals surface area contributed by atoms with Crippen molar-refractivity contribution in [2.24, 2.45) is 16.8 Å². The van der Waals surface area contributed by atoms with E-state index >= 15 is 0 Å². The molecule has 0 radical (unpaired) electrons. The smallest absolute Gasteiger partial charge is 0.191 e. The summed E-state index contributed by atoms with van der Waals surface area (Å²) in [6.07, 6.45) is 5.98. The van der Waals surface area contributed by atoms with Crippen LogP contribution in [0.15, 0.2) is 15.6 Å². The fourth-order valence-corrected chi connectivity index (χ4v) is 3.09. The first-order valence-corrected chi connectivity index (χ1v) is 8.54. The van der Waals surface area contributed by atoms with Gasteiger partial charge in [-0.25, -0.2) is 0 Å². The van der Waals surface area contributed by atoms with Gasteiger partial charge in [-0.2, -0.15) is 0 Å². The molecule has 0 saturated heterocycles. The summed E-state index contributed by atoms with van der Waals surface area (Å²) in [5.74, 6) is 3.39. The number of halogens is 1. The normalized spacial score (nSPS) is 21.9. The number of rotatable bonds is 5. The molecule has 2 N–H and O–H groups in total. The van der Waals surface area contributed by atoms with Crippen LogP contribution in [0.1, 0.15) is 57.9 Å². The topological polar surface area (TPSA) is 62.5 Å². The molecular formula is C17H31IN4O. The Bertz CT molecular complexity index is 479. The average Bonchev–Trinajstić information content (AvgIpc) is 3.00. The molecular weight excluding hydrogens is 403 g/mol. The van der Waals surface area contributed by atoms with E-state index in [0.29, 0.717) is 12.6 Å². The summed E-state index contributed by atoms with van der Waals surface area (Å²) in [5.41, 5.74) is 0.992. The SMILES string of the molecule is CCc1cc(CNC(=NC)NC2CCC(C(C)C)CC2)on1.I. The number of hydrogen-bond donors (Lipinski definition) is 2. The highest BCUT2D eigenvalue weighted by atomic mass is 127. The average molecular weight is 434 g/mol. The minimum absolute atomic E-state index is 0. The molecule has 0 atom stereocenters. The maximum atomic E-state index is 5.29. The second-order valence-corrected chi connectivity index (χ2v) is 6.56. The van der Waals surface area contributed by atoms with Crippen molar-refractivity contribution in [2.75, 3.05) is 7.05 Å². The van der Waals surface area contributed by atoms with Crippen molar-refractivity contribution in [2.45, 2.75) is 65.5 Å². The van der Waals surface area contributed by atoms with Crippen molar-refractivity contribution < 1.29 is 4.52 Å². The Hall–Kier alpha value is -0.790. The minimum atomic E-state index is 0. The van der Waals surface area contributed by atoms with E-state index in [2.05, 4.69) is 41.6 Å². The zero-order valence-electron chi connectivity index (χ0n) is 14.8. The third-order valence-electron chi connectivity index (χ3n) is 4.68. The van der Waals surface area contributed by atoms with E-state index < -0.39 is 0 Å². The Balaban J connectivity index is 0.00000264. The number of nitrogens with one attached hydrogen (secondary N) is 2. The molecule has 1 aliphatic carbocycles. The second-order valence-electron chi connectivity index (χ2n) is 6.56. The third kappa shape index (κ3) is 6.31. The van der Waals surface area contributed by atoms with E-state index in [0.717, 1.165) is 35.7 Å². The van der Waals surface area contributed by atoms with Crippen LogP contribution in [0.4, 0.5) is 0 Å². The van der Waals surface area contributed by atoms with Crippen molar-refractivity contribution in [3.05, 3.63) is 17.5 Å². The molecule has 0 aliphatic heterocycles. The molecule has 5 nitrogen and oxygen atoms in total. The molecule has 1 saturated carbocycles. The van der Waals surface area contributed by atoms with Crippen molar-refractivity contribution in [1.29, 1.82) is 0 Å². The number of nitrogens with zero attached hydrogens (tertiary/aromatic N) is 2. The van der Waals surface area contributed by atoms with Gasteiger partial charge in [0.25, 0.3) is 0 Å². The van der Waals surface area contributed by atoms with Gasteiger partial charge in [0.05, 0.1) is 12.2 Å². The summed E-state index contributed by atoms with van der Waals surface area (Å²) >= 11 is 0. The Kier molecular flexibility index (Phi) is 8.94. The lowest BCUT2D eigenvalue weighted by atomic mass is 9.80. The summed E-state index contributed by atoms with van der Waals surface area (Å²) in [6, 6.07) is 2.52. The van der Waals surface area contributed by atoms with Crippen LogP contribution in [-0.2, 0) is 13.0 Å². The molecule has 0 spiro atoms. The molecule has 1 fully saturated rings. The molecule has 1 aromatic heterocycles. The zero-order valence-corrected chi connectivity index (χ0v) is 17.1. The van der Waals surface area contributed by atoms with E-state index in [1.807, 2.05) is 13.1 Å². The van der Waals surface area contributed by atoms with Gasteiger partial charge >= 0.3 is 0 Å². The lowest BCUT2D eigenvalue weighted by Gasteiger charge is -2.32. The molecule has 1 heterocycles. The first-order valence-electron chi connectivity index (χ1n) is 8.54. The summed E-state index contributed by atoms with van der Waals surface area (Å²) in [4.78, 5) is 4.31. The van der Waals surface area contributed by atoms with Crippen LogP contribution < -0.4 is 10.6 Å². The van der Waals surface area contributed by atoms with Gasteiger partial charge in [-0.15, -0.1) is 24.0 Å². The minimum Gasteiger partial charge on any atom is -0.359 e. The molecule has 6 heteroatoms. The molecule has 2 rings (SSSR count). The largest absolute Gasteiger partial charge is 0.359 e. The number of hydrogen-bond acceptors (Lipinski definition) is 3. The van der Waals surface area contributed by atoms with Gasteiger partial charge in [-0.3, -0.25) is 4.99 Å². The van der Waals surface area contributed by atoms with Crippen molar-refractivity contribution in [3.8, 4) is 0 Å². The highest BCUT2D eigenvalue weighted by Crippen LogP contribution is 2.29. The van der Waals surface area contributed by atoms with Gasteiger partial charge in [0, 0.05) is 19.2 Å². The molecule has 1 aliphatic rings. The summed E-state index contributed by atoms with van der Waals surface area (Å²) < 4.78 is 5.29. The number of aryl methyl sites for hydroxylation is 1. The monoisotopic (exact) mass is 434 g/mol. The number of guanidine groups is 1. The van der Waals surface area contributed by atoms with Crippen LogP contribution in [0, 0.1) is 11.8 Å². The van der Waals surface area contributed by atoms with Crippen molar-refractivity contribution >= 4 is 29.9 Å². The molecule has 0 amide bonds. The maximum absolute atomic E-state index is 5.29. The number of aliphatic imine (C=N–C) groups is 1. The predicted octanol–water partition coefficient (Wildman–Crippen LogP) is 3.73. The first kappa shape index (κ1) is 20.3. The lowest BCUT2D eigenvalue weighted by molar-refractivity contribution is 0.250. The van der Waals surface area contributed by atoms with Gasteiger partial charge in [0.2, 0.25) is 0 Å². The van der Waals surface area contributed by atoms with E-state index in [1.54, 1.807) is 0 Å². The Morgan fingerprint density at radius 3 is 2.57 bits per heavy atom. The van der Waals surface area contributed by atoms with E-state index in [9.17, 15) is 0 Å². The van der Waals surface area contributed by atoms with Gasteiger partial charge in [-0.1, -0.05) is 25.9 Å². The van der Waals surface area contributed by atoms with Crippen LogP contribution in [0.25, 0.3) is 0 Å². The first-order chi connectivity index (χ1) is 10.6. The predicted molar refractivity (Wildman–Crippen MR) is 105 cm³/mol. The third-order valence-corrected chi connectivity index (χ3v) is 4.68. The molecule has 23 heavy (non-hydrogen) atoms. The molecule has 0 unspecified atom stereocenters. The molecule has 0 bridgehead atoms. The fraction of sp³-hybridized carbons (Fsp3) is 0.765. The van der Waals surface area contributed by atoms with Gasteiger partial charge in [-0.05, 0) is 43.9 Å². The van der Waals surface area contributed by atoms with Crippen molar-refractivity contribution in [3.63, 3.8) is 0 Å². The Labute approximate surface area is 157 Å². The lowest BCUT2D eigenvalue weighted by Crippen LogP contribution is -2.44. The molecule has 0 aromatic carbocycles. The summed E-state index contributed by atoms with van der Waals surface area (Å²) in [6.45, 7) is 7.36. The van der Waals surface area contributed by atoms with E-state index in [-0.39, 0.29) is 24.0 Å². The zero-order chi connectivity index (χ0) is 15.9. The van der Waals surface area contributed by atoms with Crippen molar-refractivity contribution in [1.82, 2.24) is 15.8 Å². The Morgan fingerprint density at radius 2 is 2.04 bits per heavy atom. The van der Waals surface area contributed by atoms with Crippen LogP contribution >= 0.6 is 24.0 Å². The van der Waals surface area contributed by atoms with Crippen LogP contribution in [-0.4, -0.2) is 24.2 Å².